The van der Waals surface area contributed by atoms with Gasteiger partial charge in [0, 0.05) is 18.2 Å². The molecule has 0 saturated carbocycles. The molecule has 2 rings (SSSR count). The van der Waals surface area contributed by atoms with Gasteiger partial charge in [0.05, 0.1) is 25.2 Å². The number of hydrogen-bond acceptors (Lipinski definition) is 4. The maximum atomic E-state index is 12.6. The zero-order valence-electron chi connectivity index (χ0n) is 12.9. The first-order valence-corrected chi connectivity index (χ1v) is 7.05. The summed E-state index contributed by atoms with van der Waals surface area (Å²) in [6.07, 6.45) is -4.76. The van der Waals surface area contributed by atoms with Gasteiger partial charge >= 0.3 is 12.1 Å². The summed E-state index contributed by atoms with van der Waals surface area (Å²) in [7, 11) is 1.41. The highest BCUT2D eigenvalue weighted by Crippen LogP contribution is 2.36. The van der Waals surface area contributed by atoms with Crippen molar-refractivity contribution in [2.75, 3.05) is 20.3 Å². The predicted octanol–water partition coefficient (Wildman–Crippen LogP) is 2.17. The smallest absolute Gasteiger partial charge is 0.416 e. The van der Waals surface area contributed by atoms with Crippen molar-refractivity contribution in [3.63, 3.8) is 0 Å². The Kier molecular flexibility index (Phi) is 4.98. The van der Waals surface area contributed by atoms with Gasteiger partial charge < -0.3 is 14.8 Å². The van der Waals surface area contributed by atoms with Crippen LogP contribution in [-0.4, -0.2) is 32.1 Å². The minimum Gasteiger partial charge on any atom is -0.449 e. The van der Waals surface area contributed by atoms with Crippen LogP contribution in [0.2, 0.25) is 0 Å². The third kappa shape index (κ3) is 3.76. The second-order valence-electron chi connectivity index (χ2n) is 5.40. The number of nitrogens with one attached hydrogen (secondary N) is 1. The molecule has 1 aromatic rings. The van der Waals surface area contributed by atoms with E-state index >= 15 is 0 Å². The van der Waals surface area contributed by atoms with Gasteiger partial charge in [-0.2, -0.15) is 13.2 Å². The average Bonchev–Trinajstić information content (AvgIpc) is 2.49. The molecule has 1 saturated heterocycles. The van der Waals surface area contributed by atoms with E-state index < -0.39 is 29.2 Å². The molecule has 0 aromatic heterocycles. The summed E-state index contributed by atoms with van der Waals surface area (Å²) in [5.41, 5.74) is -1.49. The highest BCUT2D eigenvalue weighted by Gasteiger charge is 2.45. The van der Waals surface area contributed by atoms with E-state index in [4.69, 9.17) is 9.47 Å². The molecule has 1 heterocycles. The third-order valence-electron chi connectivity index (χ3n) is 3.62. The summed E-state index contributed by atoms with van der Waals surface area (Å²) in [6, 6.07) is 4.36. The van der Waals surface area contributed by atoms with Crippen LogP contribution in [0.5, 0.6) is 0 Å². The van der Waals surface area contributed by atoms with Gasteiger partial charge in [0.25, 0.3) is 0 Å². The van der Waals surface area contributed by atoms with Gasteiger partial charge in [0.15, 0.2) is 5.60 Å². The van der Waals surface area contributed by atoms with Gasteiger partial charge in [-0.3, -0.25) is 9.59 Å². The Labute approximate surface area is 136 Å². The van der Waals surface area contributed by atoms with Crippen LogP contribution in [0.1, 0.15) is 17.5 Å². The van der Waals surface area contributed by atoms with Gasteiger partial charge in [0.1, 0.15) is 0 Å². The van der Waals surface area contributed by atoms with E-state index in [1.54, 1.807) is 0 Å². The lowest BCUT2D eigenvalue weighted by atomic mass is 9.91. The first-order valence-electron chi connectivity index (χ1n) is 7.05. The van der Waals surface area contributed by atoms with E-state index in [0.29, 0.717) is 5.56 Å². The van der Waals surface area contributed by atoms with E-state index in [1.807, 2.05) is 0 Å². The summed E-state index contributed by atoms with van der Waals surface area (Å²) in [5.74, 6) is -1.19. The Morgan fingerprint density at radius 2 is 1.88 bits per heavy atom. The number of amides is 1. The van der Waals surface area contributed by atoms with Crippen molar-refractivity contribution in [3.05, 3.63) is 47.5 Å². The first-order chi connectivity index (χ1) is 11.2. The molecule has 0 unspecified atom stereocenters. The minimum atomic E-state index is -4.44. The summed E-state index contributed by atoms with van der Waals surface area (Å²) < 4.78 is 48.3. The highest BCUT2D eigenvalue weighted by atomic mass is 19.4. The van der Waals surface area contributed by atoms with Crippen LogP contribution in [0, 0.1) is 0 Å². The lowest BCUT2D eigenvalue weighted by Gasteiger charge is -2.41. The van der Waals surface area contributed by atoms with E-state index in [-0.39, 0.29) is 25.2 Å². The molecule has 1 fully saturated rings. The molecule has 0 aliphatic carbocycles. The fraction of sp³-hybridized carbons (Fsp3) is 0.375. The van der Waals surface area contributed by atoms with Crippen molar-refractivity contribution < 1.29 is 32.2 Å². The van der Waals surface area contributed by atoms with Crippen LogP contribution in [0.4, 0.5) is 13.2 Å². The van der Waals surface area contributed by atoms with Crippen LogP contribution in [-0.2, 0) is 30.8 Å². The van der Waals surface area contributed by atoms with Gasteiger partial charge in [-0.15, -0.1) is 0 Å². The number of ether oxygens (including phenoxy) is 2. The zero-order valence-corrected chi connectivity index (χ0v) is 12.9. The number of benzene rings is 1. The molecule has 0 atom stereocenters. The summed E-state index contributed by atoms with van der Waals surface area (Å²) in [4.78, 5) is 23.3. The first kappa shape index (κ1) is 18.0. The molecule has 0 spiro atoms. The number of hydrogen-bond donors (Lipinski definition) is 1. The van der Waals surface area contributed by atoms with Crippen LogP contribution in [0.3, 0.4) is 0 Å². The van der Waals surface area contributed by atoms with Crippen molar-refractivity contribution in [3.8, 4) is 0 Å². The van der Waals surface area contributed by atoms with Crippen LogP contribution < -0.4 is 5.32 Å². The normalized spacial score (nSPS) is 16.0. The monoisotopic (exact) mass is 343 g/mol. The summed E-state index contributed by atoms with van der Waals surface area (Å²) in [6.45, 7) is 3.56. The van der Waals surface area contributed by atoms with E-state index in [9.17, 15) is 22.8 Å². The molecule has 8 heteroatoms. The summed E-state index contributed by atoms with van der Waals surface area (Å²) in [5, 5.41) is 2.34. The topological polar surface area (TPSA) is 64.6 Å². The van der Waals surface area contributed by atoms with Gasteiger partial charge in [-0.05, 0) is 12.1 Å². The molecule has 0 radical (unpaired) electrons. The second kappa shape index (κ2) is 6.64. The molecule has 1 aliphatic rings. The largest absolute Gasteiger partial charge is 0.449 e. The van der Waals surface area contributed by atoms with Crippen molar-refractivity contribution in [1.29, 1.82) is 0 Å². The molecule has 1 amide bonds. The minimum absolute atomic E-state index is 0.0327. The lowest BCUT2D eigenvalue weighted by Crippen LogP contribution is -2.50. The number of likely N-dealkylation sites (N-methyl/N-ethyl adjacent to an activating group) is 1. The third-order valence-corrected chi connectivity index (χ3v) is 3.62. The SMILES string of the molecule is C=C(CC(=O)OC1(c2ccc(C(F)(F)F)cc2)COC1)C(=O)NC. The average molecular weight is 343 g/mol. The predicted molar refractivity (Wildman–Crippen MR) is 77.9 cm³/mol. The van der Waals surface area contributed by atoms with Gasteiger partial charge in [-0.1, -0.05) is 18.7 Å². The second-order valence-corrected chi connectivity index (χ2v) is 5.40. The number of alkyl halides is 3. The van der Waals surface area contributed by atoms with Crippen LogP contribution in [0.25, 0.3) is 0 Å². The molecule has 130 valence electrons. The molecule has 1 aromatic carbocycles. The highest BCUT2D eigenvalue weighted by molar-refractivity contribution is 5.96. The zero-order chi connectivity index (χ0) is 18.0. The van der Waals surface area contributed by atoms with E-state index in [1.165, 1.54) is 19.2 Å². The van der Waals surface area contributed by atoms with Crippen LogP contribution >= 0.6 is 0 Å². The molecule has 0 bridgehead atoms. The Morgan fingerprint density at radius 3 is 2.29 bits per heavy atom. The molecule has 5 nitrogen and oxygen atoms in total. The molecule has 1 aliphatic heterocycles. The standard InChI is InChI=1S/C16H16F3NO4/c1-10(14(22)20-2)7-13(21)24-15(8-23-9-15)11-3-5-12(6-4-11)16(17,18)19/h3-6H,1,7-9H2,2H3,(H,20,22). The Hall–Kier alpha value is -2.35. The Bertz CT molecular complexity index is 648. The Morgan fingerprint density at radius 1 is 1.29 bits per heavy atom. The van der Waals surface area contributed by atoms with Crippen molar-refractivity contribution in [1.82, 2.24) is 5.32 Å². The van der Waals surface area contributed by atoms with E-state index in [2.05, 4.69) is 11.9 Å². The lowest BCUT2D eigenvalue weighted by molar-refractivity contribution is -0.217. The fourth-order valence-corrected chi connectivity index (χ4v) is 2.22. The number of carbonyl (C=O) groups is 2. The van der Waals surface area contributed by atoms with Crippen molar-refractivity contribution in [2.45, 2.75) is 18.2 Å². The quantitative estimate of drug-likeness (QED) is 0.657. The van der Waals surface area contributed by atoms with E-state index in [0.717, 1.165) is 12.1 Å². The number of halogens is 3. The number of esters is 1. The Balaban J connectivity index is 2.10. The van der Waals surface area contributed by atoms with Crippen molar-refractivity contribution >= 4 is 11.9 Å². The van der Waals surface area contributed by atoms with Gasteiger partial charge in [-0.25, -0.2) is 0 Å². The number of rotatable bonds is 5. The van der Waals surface area contributed by atoms with Crippen molar-refractivity contribution in [2.24, 2.45) is 0 Å². The molecule has 24 heavy (non-hydrogen) atoms. The van der Waals surface area contributed by atoms with Gasteiger partial charge in [0.2, 0.25) is 5.91 Å². The van der Waals surface area contributed by atoms with Crippen LogP contribution in [0.15, 0.2) is 36.4 Å². The molecular formula is C16H16F3NO4. The maximum Gasteiger partial charge on any atom is 0.416 e. The molecule has 1 N–H and O–H groups in total. The fourth-order valence-electron chi connectivity index (χ4n) is 2.22. The summed E-state index contributed by atoms with van der Waals surface area (Å²) >= 11 is 0. The maximum absolute atomic E-state index is 12.6. The molecular weight excluding hydrogens is 327 g/mol. The number of carbonyl (C=O) groups excluding carboxylic acids is 2.